The molecule has 1 aromatic carbocycles. The van der Waals surface area contributed by atoms with Crippen LogP contribution in [-0.2, 0) is 11.3 Å². The van der Waals surface area contributed by atoms with Crippen LogP contribution in [0.15, 0.2) is 24.3 Å². The van der Waals surface area contributed by atoms with Crippen LogP contribution < -0.4 is 5.32 Å². The molecule has 21 heavy (non-hydrogen) atoms. The summed E-state index contributed by atoms with van der Waals surface area (Å²) in [6.07, 6.45) is 4.41. The number of carbonyl (C=O) groups is 1. The Morgan fingerprint density at radius 3 is 2.71 bits per heavy atom. The van der Waals surface area contributed by atoms with Gasteiger partial charge >= 0.3 is 0 Å². The molecule has 110 valence electrons. The third kappa shape index (κ3) is 3.42. The fourth-order valence-corrected chi connectivity index (χ4v) is 2.50. The molecule has 1 fully saturated rings. The van der Waals surface area contributed by atoms with E-state index in [2.05, 4.69) is 20.7 Å². The topological polar surface area (TPSA) is 72.7 Å². The number of benzene rings is 1. The van der Waals surface area contributed by atoms with Gasteiger partial charge in [-0.25, -0.2) is 4.39 Å². The van der Waals surface area contributed by atoms with E-state index in [9.17, 15) is 9.18 Å². The lowest BCUT2D eigenvalue weighted by Gasteiger charge is -2.10. The predicted octanol–water partition coefficient (Wildman–Crippen LogP) is 1.54. The zero-order valence-electron chi connectivity index (χ0n) is 11.5. The molecule has 2 aromatic rings. The Morgan fingerprint density at radius 1 is 1.29 bits per heavy atom. The molecule has 6 nitrogen and oxygen atoms in total. The first kappa shape index (κ1) is 13.7. The van der Waals surface area contributed by atoms with Crippen molar-refractivity contribution >= 4 is 5.91 Å². The number of amides is 1. The summed E-state index contributed by atoms with van der Waals surface area (Å²) < 4.78 is 12.9. The summed E-state index contributed by atoms with van der Waals surface area (Å²) in [6.45, 7) is 0.0463. The Hall–Kier alpha value is -2.31. The highest BCUT2D eigenvalue weighted by molar-refractivity contribution is 5.75. The highest BCUT2D eigenvalue weighted by Crippen LogP contribution is 2.17. The highest BCUT2D eigenvalue weighted by Gasteiger charge is 2.18. The number of rotatable bonds is 4. The van der Waals surface area contributed by atoms with E-state index in [1.54, 1.807) is 12.1 Å². The van der Waals surface area contributed by atoms with Crippen LogP contribution in [0.5, 0.6) is 0 Å². The molecule has 0 atom stereocenters. The third-order valence-electron chi connectivity index (χ3n) is 3.56. The van der Waals surface area contributed by atoms with Crippen LogP contribution >= 0.6 is 0 Å². The SMILES string of the molecule is O=C(Cn1nnc(-c2ccc(F)cc2)n1)NC1CCCC1. The van der Waals surface area contributed by atoms with Gasteiger partial charge in [0.15, 0.2) is 0 Å². The van der Waals surface area contributed by atoms with Crippen LogP contribution in [0.25, 0.3) is 11.4 Å². The second-order valence-electron chi connectivity index (χ2n) is 5.20. The van der Waals surface area contributed by atoms with Crippen molar-refractivity contribution in [2.24, 2.45) is 0 Å². The number of carbonyl (C=O) groups excluding carboxylic acids is 1. The van der Waals surface area contributed by atoms with E-state index >= 15 is 0 Å². The molecule has 1 aromatic heterocycles. The van der Waals surface area contributed by atoms with Crippen molar-refractivity contribution in [2.75, 3.05) is 0 Å². The second kappa shape index (κ2) is 5.99. The van der Waals surface area contributed by atoms with Crippen LogP contribution in [-0.4, -0.2) is 32.2 Å². The Bertz CT molecular complexity index is 619. The molecule has 0 bridgehead atoms. The van der Waals surface area contributed by atoms with Gasteiger partial charge in [0.1, 0.15) is 12.4 Å². The molecule has 1 amide bonds. The molecule has 1 N–H and O–H groups in total. The van der Waals surface area contributed by atoms with Gasteiger partial charge in [0.2, 0.25) is 11.7 Å². The lowest BCUT2D eigenvalue weighted by molar-refractivity contribution is -0.122. The van der Waals surface area contributed by atoms with Crippen molar-refractivity contribution in [3.8, 4) is 11.4 Å². The Labute approximate surface area is 121 Å². The Balaban J connectivity index is 1.61. The maximum absolute atomic E-state index is 12.9. The van der Waals surface area contributed by atoms with E-state index in [1.807, 2.05) is 0 Å². The van der Waals surface area contributed by atoms with Gasteiger partial charge in [0.25, 0.3) is 0 Å². The van der Waals surface area contributed by atoms with Crippen LogP contribution in [0, 0.1) is 5.82 Å². The molecule has 7 heteroatoms. The van der Waals surface area contributed by atoms with E-state index in [0.29, 0.717) is 11.4 Å². The quantitative estimate of drug-likeness (QED) is 0.926. The number of hydrogen-bond donors (Lipinski definition) is 1. The minimum absolute atomic E-state index is 0.0463. The van der Waals surface area contributed by atoms with E-state index in [4.69, 9.17) is 0 Å². The largest absolute Gasteiger partial charge is 0.352 e. The lowest BCUT2D eigenvalue weighted by atomic mass is 10.2. The number of nitrogens with one attached hydrogen (secondary N) is 1. The smallest absolute Gasteiger partial charge is 0.243 e. The first-order valence-corrected chi connectivity index (χ1v) is 7.04. The summed E-state index contributed by atoms with van der Waals surface area (Å²) in [5.41, 5.74) is 0.666. The summed E-state index contributed by atoms with van der Waals surface area (Å²) >= 11 is 0. The van der Waals surface area contributed by atoms with Crippen LogP contribution in [0.4, 0.5) is 4.39 Å². The number of halogens is 1. The summed E-state index contributed by atoms with van der Waals surface area (Å²) in [4.78, 5) is 13.1. The van der Waals surface area contributed by atoms with E-state index in [1.165, 1.54) is 29.8 Å². The molecule has 0 radical (unpaired) electrons. The van der Waals surface area contributed by atoms with Crippen LogP contribution in [0.1, 0.15) is 25.7 Å². The molecule has 1 aliphatic carbocycles. The van der Waals surface area contributed by atoms with E-state index in [-0.39, 0.29) is 24.3 Å². The van der Waals surface area contributed by atoms with Crippen LogP contribution in [0.2, 0.25) is 0 Å². The standard InChI is InChI=1S/C14H16FN5O/c15-11-7-5-10(6-8-11)14-17-19-20(18-14)9-13(21)16-12-3-1-2-4-12/h5-8,12H,1-4,9H2,(H,16,21). The van der Waals surface area contributed by atoms with E-state index in [0.717, 1.165) is 12.8 Å². The molecule has 1 saturated carbocycles. The molecule has 0 unspecified atom stereocenters. The van der Waals surface area contributed by atoms with Gasteiger partial charge in [0.05, 0.1) is 0 Å². The second-order valence-corrected chi connectivity index (χ2v) is 5.20. The summed E-state index contributed by atoms with van der Waals surface area (Å²) in [7, 11) is 0. The molecular weight excluding hydrogens is 273 g/mol. The van der Waals surface area contributed by atoms with Gasteiger partial charge in [-0.15, -0.1) is 10.2 Å². The normalized spacial score (nSPS) is 15.3. The monoisotopic (exact) mass is 289 g/mol. The van der Waals surface area contributed by atoms with Crippen molar-refractivity contribution in [1.29, 1.82) is 0 Å². The molecule has 1 aliphatic rings. The minimum atomic E-state index is -0.318. The lowest BCUT2D eigenvalue weighted by Crippen LogP contribution is -2.35. The zero-order chi connectivity index (χ0) is 14.7. The van der Waals surface area contributed by atoms with Gasteiger partial charge in [0, 0.05) is 11.6 Å². The number of hydrogen-bond acceptors (Lipinski definition) is 4. The predicted molar refractivity (Wildman–Crippen MR) is 73.6 cm³/mol. The Morgan fingerprint density at radius 2 is 2.00 bits per heavy atom. The Kier molecular flexibility index (Phi) is 3.89. The maximum Gasteiger partial charge on any atom is 0.243 e. The maximum atomic E-state index is 12.9. The number of tetrazole rings is 1. The van der Waals surface area contributed by atoms with Gasteiger partial charge < -0.3 is 5.32 Å². The number of nitrogens with zero attached hydrogens (tertiary/aromatic N) is 4. The first-order valence-electron chi connectivity index (χ1n) is 7.04. The third-order valence-corrected chi connectivity index (χ3v) is 3.56. The van der Waals surface area contributed by atoms with Crippen molar-refractivity contribution in [3.05, 3.63) is 30.1 Å². The van der Waals surface area contributed by atoms with Crippen LogP contribution in [0.3, 0.4) is 0 Å². The fourth-order valence-electron chi connectivity index (χ4n) is 2.50. The van der Waals surface area contributed by atoms with Crippen molar-refractivity contribution < 1.29 is 9.18 Å². The summed E-state index contributed by atoms with van der Waals surface area (Å²) in [5.74, 6) is -0.0456. The van der Waals surface area contributed by atoms with E-state index < -0.39 is 0 Å². The average molecular weight is 289 g/mol. The molecule has 0 saturated heterocycles. The minimum Gasteiger partial charge on any atom is -0.352 e. The van der Waals surface area contributed by atoms with Gasteiger partial charge in [-0.1, -0.05) is 12.8 Å². The summed E-state index contributed by atoms with van der Waals surface area (Å²) in [6, 6.07) is 6.11. The fraction of sp³-hybridized carbons (Fsp3) is 0.429. The number of aromatic nitrogens is 4. The molecule has 1 heterocycles. The molecule has 0 aliphatic heterocycles. The van der Waals surface area contributed by atoms with Crippen molar-refractivity contribution in [3.63, 3.8) is 0 Å². The average Bonchev–Trinajstić information content (AvgIpc) is 3.11. The van der Waals surface area contributed by atoms with Crippen molar-refractivity contribution in [1.82, 2.24) is 25.5 Å². The summed E-state index contributed by atoms with van der Waals surface area (Å²) in [5, 5.41) is 14.8. The highest BCUT2D eigenvalue weighted by atomic mass is 19.1. The van der Waals surface area contributed by atoms with Gasteiger partial charge in [-0.05, 0) is 42.3 Å². The molecule has 3 rings (SSSR count). The zero-order valence-corrected chi connectivity index (χ0v) is 11.5. The van der Waals surface area contributed by atoms with Gasteiger partial charge in [-0.3, -0.25) is 4.79 Å². The van der Waals surface area contributed by atoms with Gasteiger partial charge in [-0.2, -0.15) is 4.80 Å². The van der Waals surface area contributed by atoms with Crippen molar-refractivity contribution in [2.45, 2.75) is 38.3 Å². The first-order chi connectivity index (χ1) is 10.2. The molecule has 0 spiro atoms. The molecular formula is C14H16FN5O.